The molecule has 34 heavy (non-hydrogen) atoms. The Balaban J connectivity index is 1.99. The largest absolute Gasteiger partial charge is 0.497 e. The van der Waals surface area contributed by atoms with E-state index in [1.807, 2.05) is 27.7 Å². The van der Waals surface area contributed by atoms with E-state index in [2.05, 4.69) is 15.2 Å². The molecule has 3 aromatic rings. The van der Waals surface area contributed by atoms with Gasteiger partial charge in [0.05, 0.1) is 28.2 Å². The molecule has 10 nitrogen and oxygen atoms in total. The lowest BCUT2D eigenvalue weighted by atomic mass is 9.77. The Morgan fingerprint density at radius 3 is 2.32 bits per heavy atom. The summed E-state index contributed by atoms with van der Waals surface area (Å²) in [6.07, 6.45) is 1.45. The van der Waals surface area contributed by atoms with Crippen LogP contribution < -0.4 is 15.5 Å². The third-order valence-corrected chi connectivity index (χ3v) is 7.72. The number of furan rings is 1. The van der Waals surface area contributed by atoms with Crippen molar-refractivity contribution in [3.63, 3.8) is 0 Å². The summed E-state index contributed by atoms with van der Waals surface area (Å²) in [5.41, 5.74) is 0.964. The number of fused-ring (bicyclic) bond motifs is 1. The molecule has 1 aliphatic rings. The number of amides is 1. The van der Waals surface area contributed by atoms with Gasteiger partial charge in [0.25, 0.3) is 5.91 Å². The molecule has 2 N–H and O–H groups in total. The summed E-state index contributed by atoms with van der Waals surface area (Å²) < 4.78 is 51.0. The maximum atomic E-state index is 12.9. The number of aromatic nitrogens is 1. The van der Waals surface area contributed by atoms with Crippen LogP contribution in [0.1, 0.15) is 50.5 Å². The molecule has 1 aliphatic heterocycles. The fourth-order valence-electron chi connectivity index (χ4n) is 3.68. The molecule has 4 rings (SSSR count). The second-order valence-corrected chi connectivity index (χ2v) is 11.3. The first-order valence-electron chi connectivity index (χ1n) is 10.9. The minimum Gasteiger partial charge on any atom is -0.453 e. The third kappa shape index (κ3) is 3.99. The molecule has 1 fully saturated rings. The van der Waals surface area contributed by atoms with E-state index in [-0.39, 0.29) is 22.8 Å². The van der Waals surface area contributed by atoms with Gasteiger partial charge >= 0.3 is 7.12 Å². The maximum absolute atomic E-state index is 12.9. The van der Waals surface area contributed by atoms with Gasteiger partial charge in [-0.1, -0.05) is 5.16 Å². The summed E-state index contributed by atoms with van der Waals surface area (Å²) in [5.74, 6) is -0.298. The van der Waals surface area contributed by atoms with Gasteiger partial charge in [-0.05, 0) is 47.6 Å². The van der Waals surface area contributed by atoms with Crippen molar-refractivity contribution in [3.05, 3.63) is 29.5 Å². The van der Waals surface area contributed by atoms with Gasteiger partial charge in [0.1, 0.15) is 11.8 Å². The highest BCUT2D eigenvalue weighted by Gasteiger charge is 2.52. The SMILES string of the molecule is CCS(=O)(=O)Nc1cc2oc(-c3nocc3C)c(C(=O)NC)c2cc1B1OC(C)(C)C(C)(C)O1. The number of carbonyl (C=O) groups is 1. The number of hydrogen-bond donors (Lipinski definition) is 2. The molecule has 182 valence electrons. The minimum absolute atomic E-state index is 0.126. The fourth-order valence-corrected chi connectivity index (χ4v) is 4.33. The van der Waals surface area contributed by atoms with Crippen molar-refractivity contribution < 1.29 is 31.5 Å². The minimum atomic E-state index is -3.63. The van der Waals surface area contributed by atoms with Gasteiger partial charge < -0.3 is 23.6 Å². The van der Waals surface area contributed by atoms with Crippen LogP contribution in [-0.2, 0) is 19.3 Å². The molecule has 0 bridgehead atoms. The standard InChI is InChI=1S/C22H28BN3O7S/c1-8-34(28,29)26-15-10-16-13(9-14(15)23-32-21(3,4)22(5,6)33-23)17(20(27)24-7)19(31-16)18-12(2)11-30-25-18/h9-11,26H,8H2,1-7H3,(H,24,27). The number of rotatable bonds is 6. The van der Waals surface area contributed by atoms with Gasteiger partial charge in [-0.15, -0.1) is 0 Å². The van der Waals surface area contributed by atoms with E-state index < -0.39 is 34.3 Å². The van der Waals surface area contributed by atoms with Crippen LogP contribution in [0.5, 0.6) is 0 Å². The van der Waals surface area contributed by atoms with E-state index >= 15 is 0 Å². The Labute approximate surface area is 198 Å². The molecule has 2 aromatic heterocycles. The number of carbonyl (C=O) groups excluding carboxylic acids is 1. The summed E-state index contributed by atoms with van der Waals surface area (Å²) >= 11 is 0. The lowest BCUT2D eigenvalue weighted by molar-refractivity contribution is 0.00578. The van der Waals surface area contributed by atoms with Crippen LogP contribution in [0.25, 0.3) is 22.4 Å². The van der Waals surface area contributed by atoms with Crippen molar-refractivity contribution in [3.8, 4) is 11.5 Å². The summed E-state index contributed by atoms with van der Waals surface area (Å²) in [5, 5.41) is 7.07. The normalized spacial score (nSPS) is 17.3. The topological polar surface area (TPSA) is 133 Å². The van der Waals surface area contributed by atoms with Crippen molar-refractivity contribution in [2.75, 3.05) is 17.5 Å². The first-order chi connectivity index (χ1) is 15.8. The molecule has 12 heteroatoms. The van der Waals surface area contributed by atoms with Crippen LogP contribution in [0.2, 0.25) is 0 Å². The number of anilines is 1. The smallest absolute Gasteiger partial charge is 0.453 e. The lowest BCUT2D eigenvalue weighted by Crippen LogP contribution is -2.41. The Hall–Kier alpha value is -2.83. The molecule has 1 saturated heterocycles. The second-order valence-electron chi connectivity index (χ2n) is 9.26. The molecule has 3 heterocycles. The monoisotopic (exact) mass is 489 g/mol. The van der Waals surface area contributed by atoms with E-state index in [1.165, 1.54) is 26.3 Å². The van der Waals surface area contributed by atoms with Gasteiger partial charge in [0, 0.05) is 29.5 Å². The van der Waals surface area contributed by atoms with Gasteiger partial charge in [-0.3, -0.25) is 9.52 Å². The number of hydrogen-bond acceptors (Lipinski definition) is 8. The van der Waals surface area contributed by atoms with Crippen molar-refractivity contribution in [2.45, 2.75) is 52.7 Å². The van der Waals surface area contributed by atoms with Crippen LogP contribution in [0.4, 0.5) is 5.69 Å². The predicted octanol–water partition coefficient (Wildman–Crippen LogP) is 2.82. The van der Waals surface area contributed by atoms with Crippen LogP contribution in [-0.4, -0.2) is 50.6 Å². The molecule has 0 unspecified atom stereocenters. The molecule has 0 atom stereocenters. The van der Waals surface area contributed by atoms with E-state index in [9.17, 15) is 13.2 Å². The summed E-state index contributed by atoms with van der Waals surface area (Å²) in [6, 6.07) is 3.20. The summed E-state index contributed by atoms with van der Waals surface area (Å²) in [6.45, 7) is 10.9. The molecular weight excluding hydrogens is 461 g/mol. The van der Waals surface area contributed by atoms with Gasteiger partial charge in [-0.2, -0.15) is 0 Å². The highest BCUT2D eigenvalue weighted by molar-refractivity contribution is 7.92. The highest BCUT2D eigenvalue weighted by atomic mass is 32.2. The Morgan fingerprint density at radius 1 is 1.15 bits per heavy atom. The Bertz CT molecular complexity index is 1360. The third-order valence-electron chi connectivity index (χ3n) is 6.43. The zero-order valence-corrected chi connectivity index (χ0v) is 21.0. The average molecular weight is 489 g/mol. The van der Waals surface area contributed by atoms with Gasteiger partial charge in [0.15, 0.2) is 11.5 Å². The van der Waals surface area contributed by atoms with Crippen LogP contribution >= 0.6 is 0 Å². The van der Waals surface area contributed by atoms with Crippen molar-refractivity contribution >= 4 is 45.2 Å². The summed E-state index contributed by atoms with van der Waals surface area (Å²) in [4.78, 5) is 12.9. The van der Waals surface area contributed by atoms with Crippen molar-refractivity contribution in [1.82, 2.24) is 10.5 Å². The van der Waals surface area contributed by atoms with E-state index in [0.29, 0.717) is 27.7 Å². The van der Waals surface area contributed by atoms with Crippen LogP contribution in [0.3, 0.4) is 0 Å². The van der Waals surface area contributed by atoms with Crippen molar-refractivity contribution in [2.24, 2.45) is 0 Å². The van der Waals surface area contributed by atoms with Crippen LogP contribution in [0, 0.1) is 6.92 Å². The zero-order chi connectivity index (χ0) is 25.1. The summed E-state index contributed by atoms with van der Waals surface area (Å²) in [7, 11) is -3.00. The first kappa shape index (κ1) is 24.3. The lowest BCUT2D eigenvalue weighted by Gasteiger charge is -2.32. The predicted molar refractivity (Wildman–Crippen MR) is 129 cm³/mol. The van der Waals surface area contributed by atoms with Crippen LogP contribution in [0.15, 0.2) is 27.3 Å². The van der Waals surface area contributed by atoms with E-state index in [0.717, 1.165) is 0 Å². The van der Waals surface area contributed by atoms with Crippen molar-refractivity contribution in [1.29, 1.82) is 0 Å². The van der Waals surface area contributed by atoms with Gasteiger partial charge in [0.2, 0.25) is 10.0 Å². The quantitative estimate of drug-likeness (QED) is 0.505. The number of sulfonamides is 1. The molecule has 0 saturated carbocycles. The van der Waals surface area contributed by atoms with E-state index in [1.54, 1.807) is 13.0 Å². The molecule has 0 spiro atoms. The zero-order valence-electron chi connectivity index (χ0n) is 20.2. The molecular formula is C22H28BN3O7S. The Kier molecular flexibility index (Phi) is 5.82. The number of aryl methyl sites for hydroxylation is 1. The highest BCUT2D eigenvalue weighted by Crippen LogP contribution is 2.39. The maximum Gasteiger partial charge on any atom is 0.497 e. The molecule has 0 radical (unpaired) electrons. The molecule has 1 aromatic carbocycles. The van der Waals surface area contributed by atoms with E-state index in [4.69, 9.17) is 18.2 Å². The number of benzene rings is 1. The molecule has 1 amide bonds. The average Bonchev–Trinajstić information content (AvgIpc) is 3.39. The number of nitrogens with one attached hydrogen (secondary N) is 2. The fraction of sp³-hybridized carbons (Fsp3) is 0.455. The molecule has 0 aliphatic carbocycles. The first-order valence-corrected chi connectivity index (χ1v) is 12.6. The second kappa shape index (κ2) is 8.14. The Morgan fingerprint density at radius 2 is 1.79 bits per heavy atom. The van der Waals surface area contributed by atoms with Gasteiger partial charge in [-0.25, -0.2) is 8.42 Å². The number of nitrogens with zero attached hydrogens (tertiary/aromatic N) is 1.